The van der Waals surface area contributed by atoms with Crippen LogP contribution in [-0.2, 0) is 35.2 Å². The molecule has 0 radical (unpaired) electrons. The van der Waals surface area contributed by atoms with E-state index in [0.29, 0.717) is 24.8 Å². The first-order chi connectivity index (χ1) is 20.9. The first-order valence-corrected chi connectivity index (χ1v) is 14.9. The Balaban J connectivity index is 2.45. The largest absolute Gasteiger partial charge is 0.508 e. The van der Waals surface area contributed by atoms with Gasteiger partial charge in [0.05, 0.1) is 12.6 Å². The minimum atomic E-state index is -1.22. The molecule has 1 unspecified atom stereocenters. The zero-order valence-electron chi connectivity index (χ0n) is 25.4. The van der Waals surface area contributed by atoms with Crippen molar-refractivity contribution < 1.29 is 33.9 Å². The highest BCUT2D eigenvalue weighted by molar-refractivity contribution is 5.98. The second-order valence-corrected chi connectivity index (χ2v) is 11.0. The summed E-state index contributed by atoms with van der Waals surface area (Å²) >= 11 is 0. The number of carbonyl (C=O) groups excluding carboxylic acids is 6. The average molecular weight is 616 g/mol. The van der Waals surface area contributed by atoms with Gasteiger partial charge in [0.2, 0.25) is 23.6 Å². The highest BCUT2D eigenvalue weighted by atomic mass is 16.3. The van der Waals surface area contributed by atoms with Gasteiger partial charge in [0.15, 0.2) is 11.7 Å². The van der Waals surface area contributed by atoms with Crippen LogP contribution >= 0.6 is 0 Å². The minimum absolute atomic E-state index is 0.0317. The molecule has 4 amide bonds. The van der Waals surface area contributed by atoms with Crippen LogP contribution in [0.4, 0.5) is 0 Å². The maximum absolute atomic E-state index is 13.7. The summed E-state index contributed by atoms with van der Waals surface area (Å²) in [5, 5.41) is 20.2. The number of guanidine groups is 1. The first kappa shape index (κ1) is 35.7. The van der Waals surface area contributed by atoms with Gasteiger partial charge in [-0.3, -0.25) is 33.8 Å². The van der Waals surface area contributed by atoms with Crippen LogP contribution in [0.3, 0.4) is 0 Å². The second-order valence-electron chi connectivity index (χ2n) is 11.0. The van der Waals surface area contributed by atoms with E-state index in [2.05, 4.69) is 26.3 Å². The number of nitrogens with two attached hydrogens (primary N) is 2. The van der Waals surface area contributed by atoms with E-state index in [0.717, 1.165) is 12.8 Å². The lowest BCUT2D eigenvalue weighted by molar-refractivity contribution is -0.135. The van der Waals surface area contributed by atoms with Gasteiger partial charge in [-0.25, -0.2) is 0 Å². The molecule has 1 aliphatic heterocycles. The fourth-order valence-corrected chi connectivity index (χ4v) is 4.83. The molecule has 14 nitrogen and oxygen atoms in total. The lowest BCUT2D eigenvalue weighted by Gasteiger charge is -2.25. The number of rotatable bonds is 12. The van der Waals surface area contributed by atoms with E-state index >= 15 is 0 Å². The lowest BCUT2D eigenvalue weighted by Crippen LogP contribution is -2.55. The van der Waals surface area contributed by atoms with Crippen molar-refractivity contribution in [3.05, 3.63) is 29.8 Å². The Labute approximate surface area is 257 Å². The summed E-state index contributed by atoms with van der Waals surface area (Å²) in [5.41, 5.74) is 11.4. The number of hydrogen-bond donors (Lipinski definition) is 7. The Morgan fingerprint density at radius 2 is 1.52 bits per heavy atom. The van der Waals surface area contributed by atoms with Crippen molar-refractivity contribution in [2.24, 2.45) is 22.4 Å². The number of nitrogens with zero attached hydrogens (tertiary/aromatic N) is 1. The van der Waals surface area contributed by atoms with Crippen LogP contribution in [0.5, 0.6) is 5.75 Å². The van der Waals surface area contributed by atoms with Crippen molar-refractivity contribution in [3.63, 3.8) is 0 Å². The van der Waals surface area contributed by atoms with E-state index in [-0.39, 0.29) is 49.7 Å². The molecule has 242 valence electrons. The Bertz CT molecular complexity index is 1200. The first-order valence-electron chi connectivity index (χ1n) is 14.9. The number of carbonyl (C=O) groups is 6. The van der Waals surface area contributed by atoms with Crippen LogP contribution in [0.1, 0.15) is 70.8 Å². The predicted molar refractivity (Wildman–Crippen MR) is 163 cm³/mol. The fourth-order valence-electron chi connectivity index (χ4n) is 4.83. The number of hydrogen-bond acceptors (Lipinski definition) is 8. The third-order valence-electron chi connectivity index (χ3n) is 7.18. The SMILES string of the molecule is CCCCCC1NC(=O)[C@@H](Cc2ccc(O)cc2)CC(=O)[C@H](CC(C)=O)NC(=O)CNC(=O)[C@H](CCCN=C(N)N)NC1=O. The van der Waals surface area contributed by atoms with E-state index in [9.17, 15) is 33.9 Å². The summed E-state index contributed by atoms with van der Waals surface area (Å²) in [4.78, 5) is 82.3. The minimum Gasteiger partial charge on any atom is -0.508 e. The molecule has 9 N–H and O–H groups in total. The number of aliphatic imine (C=N–C) groups is 1. The summed E-state index contributed by atoms with van der Waals surface area (Å²) in [7, 11) is 0. The fraction of sp³-hybridized carbons (Fsp3) is 0.567. The van der Waals surface area contributed by atoms with E-state index in [4.69, 9.17) is 11.5 Å². The van der Waals surface area contributed by atoms with Crippen LogP contribution < -0.4 is 32.7 Å². The Kier molecular flexibility index (Phi) is 14.8. The zero-order chi connectivity index (χ0) is 32.6. The van der Waals surface area contributed by atoms with Crippen molar-refractivity contribution in [2.75, 3.05) is 13.1 Å². The smallest absolute Gasteiger partial charge is 0.243 e. The lowest BCUT2D eigenvalue weighted by atomic mass is 9.89. The molecule has 1 saturated heterocycles. The van der Waals surface area contributed by atoms with Gasteiger partial charge < -0.3 is 37.8 Å². The average Bonchev–Trinajstić information content (AvgIpc) is 2.96. The topological polar surface area (TPSA) is 235 Å². The molecule has 0 bridgehead atoms. The van der Waals surface area contributed by atoms with E-state index in [1.165, 1.54) is 19.1 Å². The van der Waals surface area contributed by atoms with Gasteiger partial charge in [0.25, 0.3) is 0 Å². The van der Waals surface area contributed by atoms with Gasteiger partial charge in [-0.2, -0.15) is 0 Å². The molecule has 0 spiro atoms. The molecule has 14 heteroatoms. The van der Waals surface area contributed by atoms with Crippen LogP contribution in [0.2, 0.25) is 0 Å². The van der Waals surface area contributed by atoms with Crippen molar-refractivity contribution in [1.29, 1.82) is 0 Å². The van der Waals surface area contributed by atoms with E-state index < -0.39 is 60.0 Å². The number of benzene rings is 1. The monoisotopic (exact) mass is 615 g/mol. The van der Waals surface area contributed by atoms with Gasteiger partial charge >= 0.3 is 0 Å². The molecule has 0 aliphatic carbocycles. The number of amides is 4. The molecule has 1 fully saturated rings. The van der Waals surface area contributed by atoms with Gasteiger partial charge in [-0.15, -0.1) is 0 Å². The standard InChI is InChI=1S/C30H45N7O7/c1-3-4-5-7-23-29(44)37-22(8-6-13-33-30(31)32)28(43)34-17-26(41)35-24(14-18(2)38)25(40)16-20(27(42)36-23)15-19-9-11-21(39)12-10-19/h9-12,20,22-24,39H,3-8,13-17H2,1-2H3,(H,34,43)(H,35,41)(H,36,42)(H,37,44)(H4,31,32,33)/t20-,22-,23?,24-/m0/s1. The van der Waals surface area contributed by atoms with E-state index in [1.54, 1.807) is 12.1 Å². The Morgan fingerprint density at radius 1 is 0.886 bits per heavy atom. The zero-order valence-corrected chi connectivity index (χ0v) is 25.4. The van der Waals surface area contributed by atoms with Crippen molar-refractivity contribution in [2.45, 2.75) is 89.8 Å². The number of nitrogens with one attached hydrogen (secondary N) is 4. The number of phenols is 1. The van der Waals surface area contributed by atoms with Crippen LogP contribution in [-0.4, -0.2) is 77.5 Å². The molecular weight excluding hydrogens is 570 g/mol. The number of ketones is 2. The van der Waals surface area contributed by atoms with Crippen molar-refractivity contribution >= 4 is 41.2 Å². The molecule has 0 saturated carbocycles. The summed E-state index contributed by atoms with van der Waals surface area (Å²) in [6.45, 7) is 2.97. The highest BCUT2D eigenvalue weighted by Gasteiger charge is 2.33. The molecule has 4 atom stereocenters. The molecule has 0 aromatic heterocycles. The third kappa shape index (κ3) is 12.8. The predicted octanol–water partition coefficient (Wildman–Crippen LogP) is -0.293. The molecule has 2 rings (SSSR count). The molecule has 1 aromatic rings. The number of aromatic hydroxyl groups is 1. The van der Waals surface area contributed by atoms with Crippen LogP contribution in [0.25, 0.3) is 0 Å². The summed E-state index contributed by atoms with van der Waals surface area (Å²) < 4.78 is 0. The van der Waals surface area contributed by atoms with Gasteiger partial charge in [-0.1, -0.05) is 38.3 Å². The quantitative estimate of drug-likeness (QED) is 0.0928. The summed E-state index contributed by atoms with van der Waals surface area (Å²) in [6, 6.07) is 2.87. The number of Topliss-reactive ketones (excluding diaryl/α,β-unsaturated/α-hetero) is 2. The maximum atomic E-state index is 13.7. The number of phenolic OH excluding ortho intramolecular Hbond substituents is 1. The molecule has 1 aromatic carbocycles. The highest BCUT2D eigenvalue weighted by Crippen LogP contribution is 2.19. The van der Waals surface area contributed by atoms with Gasteiger partial charge in [-0.05, 0) is 50.3 Å². The van der Waals surface area contributed by atoms with Crippen molar-refractivity contribution in [1.82, 2.24) is 21.3 Å². The van der Waals surface area contributed by atoms with Crippen molar-refractivity contribution in [3.8, 4) is 5.75 Å². The molecular formula is C30H45N7O7. The maximum Gasteiger partial charge on any atom is 0.243 e. The Hall–Kier alpha value is -4.49. The summed E-state index contributed by atoms with van der Waals surface area (Å²) in [5.74, 6) is -4.45. The van der Waals surface area contributed by atoms with Crippen LogP contribution in [0.15, 0.2) is 29.3 Å². The molecule has 44 heavy (non-hydrogen) atoms. The third-order valence-corrected chi connectivity index (χ3v) is 7.18. The molecule has 1 aliphatic rings. The second kappa shape index (κ2) is 18.2. The van der Waals surface area contributed by atoms with Gasteiger partial charge in [0.1, 0.15) is 23.6 Å². The molecule has 1 heterocycles. The normalized spacial score (nSPS) is 22.0. The van der Waals surface area contributed by atoms with Gasteiger partial charge in [0, 0.05) is 25.3 Å². The van der Waals surface area contributed by atoms with E-state index in [1.807, 2.05) is 6.92 Å². The number of unbranched alkanes of at least 4 members (excludes halogenated alkanes) is 2. The Morgan fingerprint density at radius 3 is 2.16 bits per heavy atom. The summed E-state index contributed by atoms with van der Waals surface area (Å²) in [6.07, 6.45) is 2.53. The van der Waals surface area contributed by atoms with Crippen LogP contribution in [0, 0.1) is 5.92 Å².